The van der Waals surface area contributed by atoms with Crippen molar-refractivity contribution in [3.63, 3.8) is 0 Å². The number of esters is 1. The van der Waals surface area contributed by atoms with E-state index in [0.717, 1.165) is 17.8 Å². The monoisotopic (exact) mass is 308 g/mol. The topological polar surface area (TPSA) is 43.4 Å². The van der Waals surface area contributed by atoms with Crippen molar-refractivity contribution >= 4 is 34.6 Å². The van der Waals surface area contributed by atoms with Crippen LogP contribution in [0.3, 0.4) is 0 Å². The number of ether oxygens (including phenoxy) is 1. The number of hydrogen-bond acceptors (Lipinski definition) is 4. The molecular weight excluding hydrogens is 298 g/mol. The lowest BCUT2D eigenvalue weighted by Gasteiger charge is -2.13. The second-order valence-corrected chi connectivity index (χ2v) is 5.16. The lowest BCUT2D eigenvalue weighted by atomic mass is 10.2. The van der Waals surface area contributed by atoms with Crippen LogP contribution >= 0.6 is 23.4 Å². The smallest absolute Gasteiger partial charge is 0.319 e. The van der Waals surface area contributed by atoms with E-state index in [1.165, 1.54) is 7.11 Å². The first-order valence-corrected chi connectivity index (χ1v) is 6.59. The van der Waals surface area contributed by atoms with E-state index in [4.69, 9.17) is 11.6 Å². The maximum Gasteiger partial charge on any atom is 0.319 e. The molecule has 0 spiro atoms. The minimum absolute atomic E-state index is 0.0253. The molecule has 0 aliphatic heterocycles. The minimum atomic E-state index is -1.03. The van der Waals surface area contributed by atoms with Crippen LogP contribution in [0, 0.1) is 11.6 Å². The molecule has 1 aromatic carbocycles. The molecule has 0 N–H and O–H groups in total. The van der Waals surface area contributed by atoms with Crippen LogP contribution in [0.4, 0.5) is 8.78 Å². The van der Waals surface area contributed by atoms with Crippen LogP contribution in [0.5, 0.6) is 0 Å². The fourth-order valence-electron chi connectivity index (χ4n) is 1.35. The van der Waals surface area contributed by atoms with Gasteiger partial charge in [-0.1, -0.05) is 6.92 Å². The third-order valence-corrected chi connectivity index (χ3v) is 3.92. The molecule has 19 heavy (non-hydrogen) atoms. The predicted octanol–water partition coefficient (Wildman–Crippen LogP) is 3.39. The van der Waals surface area contributed by atoms with Crippen LogP contribution in [0.2, 0.25) is 0 Å². The molecule has 1 aromatic rings. The first-order chi connectivity index (χ1) is 8.90. The molecule has 0 bridgehead atoms. The normalized spacial score (nSPS) is 12.1. The molecule has 0 amide bonds. The highest BCUT2D eigenvalue weighted by atomic mass is 35.5. The minimum Gasteiger partial charge on any atom is -0.468 e. The molecule has 0 saturated carbocycles. The Morgan fingerprint density at radius 1 is 1.37 bits per heavy atom. The second kappa shape index (κ2) is 6.86. The van der Waals surface area contributed by atoms with Gasteiger partial charge in [0.25, 0.3) is 5.24 Å². The van der Waals surface area contributed by atoms with E-state index in [2.05, 4.69) is 4.74 Å². The van der Waals surface area contributed by atoms with Gasteiger partial charge in [-0.2, -0.15) is 0 Å². The standard InChI is InChI=1S/C12H11ClF2O3S/c1-3-9(12(17)18-2)19-10-4-6(11(13)16)7(14)5-8(10)15/h4-5,9H,3H2,1-2H3. The highest BCUT2D eigenvalue weighted by Crippen LogP contribution is 2.31. The summed E-state index contributed by atoms with van der Waals surface area (Å²) in [4.78, 5) is 22.4. The summed E-state index contributed by atoms with van der Waals surface area (Å²) in [7, 11) is 1.22. The Morgan fingerprint density at radius 3 is 2.47 bits per heavy atom. The SMILES string of the molecule is CCC(Sc1cc(C(=O)Cl)c(F)cc1F)C(=O)OC. The highest BCUT2D eigenvalue weighted by molar-refractivity contribution is 8.00. The lowest BCUT2D eigenvalue weighted by Crippen LogP contribution is -2.18. The van der Waals surface area contributed by atoms with E-state index in [1.54, 1.807) is 6.92 Å². The van der Waals surface area contributed by atoms with Gasteiger partial charge in [-0.15, -0.1) is 11.8 Å². The molecule has 104 valence electrons. The quantitative estimate of drug-likeness (QED) is 0.475. The molecule has 0 fully saturated rings. The fourth-order valence-corrected chi connectivity index (χ4v) is 2.52. The Morgan fingerprint density at radius 2 is 2.00 bits per heavy atom. The first kappa shape index (κ1) is 15.9. The summed E-state index contributed by atoms with van der Waals surface area (Å²) >= 11 is 6.05. The Hall–Kier alpha value is -1.14. The van der Waals surface area contributed by atoms with E-state index in [1.807, 2.05) is 0 Å². The van der Waals surface area contributed by atoms with Crippen LogP contribution in [-0.4, -0.2) is 23.6 Å². The van der Waals surface area contributed by atoms with Gasteiger partial charge in [0.15, 0.2) is 0 Å². The van der Waals surface area contributed by atoms with Gasteiger partial charge in [-0.05, 0) is 24.1 Å². The van der Waals surface area contributed by atoms with Gasteiger partial charge in [0, 0.05) is 11.0 Å². The zero-order valence-electron chi connectivity index (χ0n) is 10.2. The maximum absolute atomic E-state index is 13.6. The van der Waals surface area contributed by atoms with Gasteiger partial charge < -0.3 is 4.74 Å². The Kier molecular flexibility index (Phi) is 5.75. The van der Waals surface area contributed by atoms with Crippen LogP contribution in [-0.2, 0) is 9.53 Å². The number of methoxy groups -OCH3 is 1. The molecular formula is C12H11ClF2O3S. The molecule has 3 nitrogen and oxygen atoms in total. The van der Waals surface area contributed by atoms with Crippen molar-refractivity contribution in [1.82, 2.24) is 0 Å². The van der Waals surface area contributed by atoms with E-state index in [9.17, 15) is 18.4 Å². The van der Waals surface area contributed by atoms with Gasteiger partial charge in [0.2, 0.25) is 0 Å². The molecule has 1 rings (SSSR count). The first-order valence-electron chi connectivity index (χ1n) is 5.34. The van der Waals surface area contributed by atoms with E-state index >= 15 is 0 Å². The Bertz CT molecular complexity index is 508. The summed E-state index contributed by atoms with van der Waals surface area (Å²) in [5, 5.41) is -1.66. The van der Waals surface area contributed by atoms with Gasteiger partial charge >= 0.3 is 5.97 Å². The average molecular weight is 309 g/mol. The molecule has 0 heterocycles. The zero-order chi connectivity index (χ0) is 14.6. The molecule has 0 saturated heterocycles. The van der Waals surface area contributed by atoms with Gasteiger partial charge in [-0.3, -0.25) is 9.59 Å². The van der Waals surface area contributed by atoms with Crippen molar-refractivity contribution in [1.29, 1.82) is 0 Å². The number of carbonyl (C=O) groups excluding carboxylic acids is 2. The van der Waals surface area contributed by atoms with Crippen LogP contribution in [0.25, 0.3) is 0 Å². The summed E-state index contributed by atoms with van der Waals surface area (Å²) in [5.41, 5.74) is -0.426. The Labute approximate surface area is 118 Å². The Balaban J connectivity index is 3.10. The number of benzene rings is 1. The molecule has 0 aliphatic carbocycles. The number of rotatable bonds is 5. The van der Waals surface area contributed by atoms with Crippen molar-refractivity contribution in [3.05, 3.63) is 29.3 Å². The fraction of sp³-hybridized carbons (Fsp3) is 0.333. The summed E-state index contributed by atoms with van der Waals surface area (Å²) in [6.07, 6.45) is 0.401. The second-order valence-electron chi connectivity index (χ2n) is 3.57. The van der Waals surface area contributed by atoms with Gasteiger partial charge in [0.05, 0.1) is 12.7 Å². The molecule has 1 atom stereocenters. The third-order valence-electron chi connectivity index (χ3n) is 2.34. The largest absolute Gasteiger partial charge is 0.468 e. The summed E-state index contributed by atoms with van der Waals surface area (Å²) in [5.74, 6) is -2.41. The van der Waals surface area contributed by atoms with Crippen molar-refractivity contribution in [2.75, 3.05) is 7.11 Å². The van der Waals surface area contributed by atoms with Crippen molar-refractivity contribution in [2.24, 2.45) is 0 Å². The maximum atomic E-state index is 13.6. The lowest BCUT2D eigenvalue weighted by molar-refractivity contribution is -0.140. The average Bonchev–Trinajstić information content (AvgIpc) is 2.36. The zero-order valence-corrected chi connectivity index (χ0v) is 11.8. The summed E-state index contributed by atoms with van der Waals surface area (Å²) in [6.45, 7) is 1.73. The molecule has 0 aliphatic rings. The number of thioether (sulfide) groups is 1. The number of hydrogen-bond donors (Lipinski definition) is 0. The van der Waals surface area contributed by atoms with Crippen molar-refractivity contribution in [3.8, 4) is 0 Å². The van der Waals surface area contributed by atoms with Crippen LogP contribution < -0.4 is 0 Å². The molecule has 0 aromatic heterocycles. The van der Waals surface area contributed by atoms with Gasteiger partial charge in [-0.25, -0.2) is 8.78 Å². The summed E-state index contributed by atoms with van der Waals surface area (Å²) in [6, 6.07) is 1.57. The predicted molar refractivity (Wildman–Crippen MR) is 68.5 cm³/mol. The van der Waals surface area contributed by atoms with E-state index in [0.29, 0.717) is 12.5 Å². The highest BCUT2D eigenvalue weighted by Gasteiger charge is 2.22. The van der Waals surface area contributed by atoms with Crippen molar-refractivity contribution < 1.29 is 23.1 Å². The molecule has 7 heteroatoms. The number of halogens is 3. The third kappa shape index (κ3) is 3.91. The van der Waals surface area contributed by atoms with Gasteiger partial charge in [0.1, 0.15) is 16.9 Å². The van der Waals surface area contributed by atoms with Crippen LogP contribution in [0.15, 0.2) is 17.0 Å². The van der Waals surface area contributed by atoms with Crippen molar-refractivity contribution in [2.45, 2.75) is 23.5 Å². The molecule has 1 unspecified atom stereocenters. The number of carbonyl (C=O) groups is 2. The van der Waals surface area contributed by atoms with Crippen LogP contribution in [0.1, 0.15) is 23.7 Å². The van der Waals surface area contributed by atoms with E-state index in [-0.39, 0.29) is 4.90 Å². The van der Waals surface area contributed by atoms with E-state index < -0.39 is 33.7 Å². The molecule has 0 radical (unpaired) electrons. The summed E-state index contributed by atoms with van der Waals surface area (Å²) < 4.78 is 31.4.